The Labute approximate surface area is 268 Å². The Hall–Kier alpha value is -4.56. The molecule has 1 aliphatic carbocycles. The van der Waals surface area contributed by atoms with Crippen molar-refractivity contribution in [2.75, 3.05) is 4.90 Å². The van der Waals surface area contributed by atoms with E-state index in [-0.39, 0.29) is 11.3 Å². The Bertz CT molecular complexity index is 1940. The average molecular weight is 654 g/mol. The van der Waals surface area contributed by atoms with Crippen LogP contribution in [0.2, 0.25) is 0 Å². The summed E-state index contributed by atoms with van der Waals surface area (Å²) in [5.41, 5.74) is 0.539. The molecule has 14 heteroatoms. The van der Waals surface area contributed by atoms with Gasteiger partial charge in [0.25, 0.3) is 6.43 Å². The summed E-state index contributed by atoms with van der Waals surface area (Å²) < 4.78 is 62.2. The number of carbonyl (C=O) groups is 2. The van der Waals surface area contributed by atoms with Crippen LogP contribution in [0.5, 0.6) is 0 Å². The van der Waals surface area contributed by atoms with Gasteiger partial charge in [-0.2, -0.15) is 4.98 Å². The van der Waals surface area contributed by atoms with E-state index in [0.29, 0.717) is 45.4 Å². The van der Waals surface area contributed by atoms with E-state index in [1.165, 1.54) is 24.5 Å². The number of rotatable bonds is 6. The summed E-state index contributed by atoms with van der Waals surface area (Å²) >= 11 is 0. The first-order chi connectivity index (χ1) is 22.0. The number of hydrogen-bond donors (Lipinski definition) is 1. The molecule has 1 fully saturated rings. The van der Waals surface area contributed by atoms with Gasteiger partial charge in [-0.05, 0) is 83.7 Å². The summed E-state index contributed by atoms with van der Waals surface area (Å²) in [7, 11) is 0. The second-order valence-corrected chi connectivity index (χ2v) is 13.1. The molecule has 0 radical (unpaired) electrons. The van der Waals surface area contributed by atoms with E-state index in [1.54, 1.807) is 53.8 Å². The Morgan fingerprint density at radius 1 is 1.13 bits per heavy atom. The van der Waals surface area contributed by atoms with Crippen molar-refractivity contribution < 1.29 is 42.1 Å². The van der Waals surface area contributed by atoms with E-state index >= 15 is 0 Å². The molecule has 47 heavy (non-hydrogen) atoms. The van der Waals surface area contributed by atoms with Crippen molar-refractivity contribution in [2.24, 2.45) is 0 Å². The van der Waals surface area contributed by atoms with Crippen LogP contribution in [0.25, 0.3) is 21.8 Å². The highest BCUT2D eigenvalue weighted by molar-refractivity contribution is 6.07. The Kier molecular flexibility index (Phi) is 7.99. The van der Waals surface area contributed by atoms with Crippen molar-refractivity contribution in [3.8, 4) is 0 Å². The second kappa shape index (κ2) is 11.6. The van der Waals surface area contributed by atoms with Gasteiger partial charge in [0.05, 0.1) is 17.3 Å². The van der Waals surface area contributed by atoms with E-state index in [4.69, 9.17) is 14.2 Å². The standard InChI is InChI=1S/C33H34F3N5O6/c1-16-19-10-12-40(28(19)39-29(38-16)41(30(42)43)31(44)47-32(2,3)4)23-14-18(25-26(23)46-33(5,6)45-25)8-7-17-13-21(27(35)36)24(34)20-9-11-37-15-22(17)20/h9-15,23,25-27H,7-8H2,1-6H3,(H,42,43)/t23-,25-,26+/m1/s1. The van der Waals surface area contributed by atoms with Crippen molar-refractivity contribution in [2.45, 2.75) is 90.4 Å². The Morgan fingerprint density at radius 2 is 1.87 bits per heavy atom. The van der Waals surface area contributed by atoms with Gasteiger partial charge in [-0.1, -0.05) is 6.08 Å². The van der Waals surface area contributed by atoms with Crippen LogP contribution in [0, 0.1) is 12.7 Å². The molecule has 2 amide bonds. The van der Waals surface area contributed by atoms with Crippen molar-refractivity contribution in [3.05, 3.63) is 71.1 Å². The number of carbonyl (C=O) groups excluding carboxylic acids is 1. The van der Waals surface area contributed by atoms with E-state index in [1.807, 2.05) is 10.6 Å². The topological polar surface area (TPSA) is 129 Å². The highest BCUT2D eigenvalue weighted by Crippen LogP contribution is 2.46. The van der Waals surface area contributed by atoms with Crippen LogP contribution in [0.1, 0.15) is 70.3 Å². The molecule has 4 heterocycles. The van der Waals surface area contributed by atoms with Crippen LogP contribution in [-0.2, 0) is 20.6 Å². The smallest absolute Gasteiger partial charge is 0.427 e. The molecule has 3 aromatic heterocycles. The number of benzene rings is 1. The molecule has 248 valence electrons. The summed E-state index contributed by atoms with van der Waals surface area (Å²) in [4.78, 5) is 38.3. The van der Waals surface area contributed by atoms with E-state index < -0.39 is 59.6 Å². The van der Waals surface area contributed by atoms with Gasteiger partial charge in [0, 0.05) is 34.7 Å². The van der Waals surface area contributed by atoms with Crippen LogP contribution >= 0.6 is 0 Å². The highest BCUT2D eigenvalue weighted by Gasteiger charge is 2.50. The summed E-state index contributed by atoms with van der Waals surface area (Å²) in [6.07, 6.45) is 0.526. The maximum atomic E-state index is 14.9. The van der Waals surface area contributed by atoms with Crippen molar-refractivity contribution >= 4 is 39.9 Å². The highest BCUT2D eigenvalue weighted by atomic mass is 19.3. The number of pyridine rings is 1. The number of amides is 2. The lowest BCUT2D eigenvalue weighted by Gasteiger charge is -2.24. The minimum Gasteiger partial charge on any atom is -0.464 e. The predicted molar refractivity (Wildman–Crippen MR) is 165 cm³/mol. The summed E-state index contributed by atoms with van der Waals surface area (Å²) in [6.45, 7) is 10.1. The molecule has 2 aliphatic rings. The van der Waals surface area contributed by atoms with E-state index in [9.17, 15) is 27.9 Å². The van der Waals surface area contributed by atoms with Crippen molar-refractivity contribution in [3.63, 3.8) is 0 Å². The summed E-state index contributed by atoms with van der Waals surface area (Å²) in [5, 5.41) is 11.1. The third-order valence-corrected chi connectivity index (χ3v) is 8.16. The minimum atomic E-state index is -2.98. The van der Waals surface area contributed by atoms with Gasteiger partial charge in [-0.15, -0.1) is 4.90 Å². The van der Waals surface area contributed by atoms with Crippen molar-refractivity contribution in [1.82, 2.24) is 19.5 Å². The maximum absolute atomic E-state index is 14.9. The van der Waals surface area contributed by atoms with Gasteiger partial charge < -0.3 is 23.9 Å². The number of imide groups is 1. The quantitative estimate of drug-likeness (QED) is 0.211. The summed E-state index contributed by atoms with van der Waals surface area (Å²) in [6, 6.07) is 3.91. The zero-order valence-corrected chi connectivity index (χ0v) is 26.6. The first kappa shape index (κ1) is 32.4. The lowest BCUT2D eigenvalue weighted by atomic mass is 9.96. The Balaban J connectivity index is 1.38. The number of ether oxygens (including phenoxy) is 3. The molecule has 1 aromatic carbocycles. The number of fused-ring (bicyclic) bond motifs is 3. The fourth-order valence-electron chi connectivity index (χ4n) is 6.23. The number of carboxylic acid groups (broad SMARTS) is 1. The second-order valence-electron chi connectivity index (χ2n) is 13.1. The Morgan fingerprint density at radius 3 is 2.55 bits per heavy atom. The zero-order chi connectivity index (χ0) is 34.0. The predicted octanol–water partition coefficient (Wildman–Crippen LogP) is 7.42. The molecule has 3 atom stereocenters. The lowest BCUT2D eigenvalue weighted by molar-refractivity contribution is -0.147. The molecule has 11 nitrogen and oxygen atoms in total. The molecule has 0 bridgehead atoms. The van der Waals surface area contributed by atoms with Crippen LogP contribution in [0.4, 0.5) is 28.7 Å². The van der Waals surface area contributed by atoms with Gasteiger partial charge in [-0.25, -0.2) is 27.7 Å². The molecular weight excluding hydrogens is 619 g/mol. The number of hydrogen-bond acceptors (Lipinski definition) is 8. The molecule has 1 N–H and O–H groups in total. The van der Waals surface area contributed by atoms with Crippen LogP contribution < -0.4 is 4.90 Å². The zero-order valence-electron chi connectivity index (χ0n) is 26.6. The largest absolute Gasteiger partial charge is 0.464 e. The maximum Gasteiger partial charge on any atom is 0.427 e. The molecule has 0 spiro atoms. The summed E-state index contributed by atoms with van der Waals surface area (Å²) in [5.74, 6) is -2.27. The number of halogens is 3. The third kappa shape index (κ3) is 6.02. The fourth-order valence-corrected chi connectivity index (χ4v) is 6.23. The monoisotopic (exact) mass is 653 g/mol. The molecule has 1 aliphatic heterocycles. The molecule has 0 saturated carbocycles. The first-order valence-electron chi connectivity index (χ1n) is 15.0. The number of anilines is 1. The van der Waals surface area contributed by atoms with Gasteiger partial charge in [0.15, 0.2) is 5.79 Å². The molecule has 0 unspecified atom stereocenters. The number of alkyl halides is 2. The van der Waals surface area contributed by atoms with Crippen LogP contribution in [0.15, 0.2) is 48.4 Å². The van der Waals surface area contributed by atoms with Gasteiger partial charge in [-0.3, -0.25) is 4.98 Å². The minimum absolute atomic E-state index is 0.0805. The van der Waals surface area contributed by atoms with Gasteiger partial charge >= 0.3 is 12.2 Å². The van der Waals surface area contributed by atoms with Crippen LogP contribution in [-0.4, -0.2) is 60.4 Å². The van der Waals surface area contributed by atoms with Gasteiger partial charge in [0.2, 0.25) is 5.95 Å². The normalized spacial score (nSPS) is 20.6. The molecular formula is C33H34F3N5O6. The number of aryl methyl sites for hydroxylation is 2. The number of nitrogens with zero attached hydrogens (tertiary/aromatic N) is 5. The average Bonchev–Trinajstić information content (AvgIpc) is 3.62. The van der Waals surface area contributed by atoms with Crippen molar-refractivity contribution in [1.29, 1.82) is 0 Å². The fraction of sp³-hybridized carbons (Fsp3) is 0.424. The molecule has 1 saturated heterocycles. The SMILES string of the molecule is Cc1nc(N(C(=O)O)C(=O)OC(C)(C)C)nc2c1ccn2[C@@H]1C=C(CCc2cc(C(F)F)c(F)c3ccncc23)[C@H]2OC(C)(C)O[C@H]21. The lowest BCUT2D eigenvalue weighted by Crippen LogP contribution is -2.41. The van der Waals surface area contributed by atoms with E-state index in [0.717, 1.165) is 5.57 Å². The third-order valence-electron chi connectivity index (χ3n) is 8.16. The molecule has 6 rings (SSSR count). The van der Waals surface area contributed by atoms with Crippen LogP contribution in [0.3, 0.4) is 0 Å². The molecule has 4 aromatic rings. The van der Waals surface area contributed by atoms with E-state index in [2.05, 4.69) is 15.0 Å². The first-order valence-corrected chi connectivity index (χ1v) is 15.0. The van der Waals surface area contributed by atoms with Gasteiger partial charge in [0.1, 0.15) is 29.3 Å². The number of aromatic nitrogens is 4.